The molecule has 6 rings (SSSR count). The minimum Gasteiger partial charge on any atom is -0.464 e. The zero-order valence-electron chi connectivity index (χ0n) is 19.8. The zero-order chi connectivity index (χ0) is 23.2. The summed E-state index contributed by atoms with van der Waals surface area (Å²) in [4.78, 5) is 21.2. The van der Waals surface area contributed by atoms with Crippen molar-refractivity contribution in [2.75, 3.05) is 36.4 Å². The number of ether oxygens (including phenoxy) is 1. The molecule has 8 heteroatoms. The summed E-state index contributed by atoms with van der Waals surface area (Å²) in [6.45, 7) is 8.66. The van der Waals surface area contributed by atoms with Crippen LogP contribution in [0.15, 0.2) is 42.9 Å². The molecule has 2 N–H and O–H groups in total. The molecule has 0 bridgehead atoms. The van der Waals surface area contributed by atoms with E-state index < -0.39 is 5.60 Å². The molecule has 2 aliphatic heterocycles. The molecule has 3 aliphatic rings. The maximum absolute atomic E-state index is 6.61. The van der Waals surface area contributed by atoms with Gasteiger partial charge in [0.1, 0.15) is 5.82 Å². The molecular formula is C26H31N7O. The van der Waals surface area contributed by atoms with Crippen molar-refractivity contribution in [3.63, 3.8) is 0 Å². The Kier molecular flexibility index (Phi) is 5.13. The summed E-state index contributed by atoms with van der Waals surface area (Å²) >= 11 is 0. The van der Waals surface area contributed by atoms with E-state index in [0.29, 0.717) is 17.2 Å². The van der Waals surface area contributed by atoms with Crippen molar-refractivity contribution in [3.05, 3.63) is 48.5 Å². The van der Waals surface area contributed by atoms with Crippen LogP contribution < -0.4 is 20.3 Å². The van der Waals surface area contributed by atoms with Gasteiger partial charge in [-0.15, -0.1) is 0 Å². The van der Waals surface area contributed by atoms with Gasteiger partial charge >= 0.3 is 0 Å². The number of hydrogen-bond donors (Lipinski definition) is 2. The van der Waals surface area contributed by atoms with E-state index in [9.17, 15) is 0 Å². The quantitative estimate of drug-likeness (QED) is 0.603. The summed E-state index contributed by atoms with van der Waals surface area (Å²) in [6.07, 6.45) is 9.60. The molecule has 8 nitrogen and oxygen atoms in total. The Labute approximate surface area is 200 Å². The Morgan fingerprint density at radius 3 is 2.53 bits per heavy atom. The summed E-state index contributed by atoms with van der Waals surface area (Å²) < 4.78 is 6.61. The second kappa shape index (κ2) is 8.20. The van der Waals surface area contributed by atoms with E-state index in [1.54, 1.807) is 6.20 Å². The molecule has 3 aromatic rings. The van der Waals surface area contributed by atoms with Crippen molar-refractivity contribution >= 4 is 17.5 Å². The van der Waals surface area contributed by atoms with Gasteiger partial charge in [-0.1, -0.05) is 13.8 Å². The average molecular weight is 458 g/mol. The standard InChI is InChI=1S/C26H31N7O/c1-25(2)7-9-26(10-8-25)22-20(19-4-3-11-28-23(19)34-26)17-30-24(32-22)31-21-6-5-18(16-29-21)33-14-12-27-13-15-33/h3-6,11,16-17,27H,7-10,12-15H2,1-2H3,(H,29,30,31,32). The molecule has 0 radical (unpaired) electrons. The smallest absolute Gasteiger partial charge is 0.228 e. The van der Waals surface area contributed by atoms with Crippen molar-refractivity contribution in [2.24, 2.45) is 5.41 Å². The van der Waals surface area contributed by atoms with Crippen LogP contribution in [0.2, 0.25) is 0 Å². The lowest BCUT2D eigenvalue weighted by atomic mass is 9.68. The van der Waals surface area contributed by atoms with Crippen molar-refractivity contribution in [3.8, 4) is 17.0 Å². The molecule has 1 aliphatic carbocycles. The molecule has 0 aromatic carbocycles. The number of aromatic nitrogens is 4. The fraction of sp³-hybridized carbons (Fsp3) is 0.462. The van der Waals surface area contributed by atoms with E-state index in [-0.39, 0.29) is 0 Å². The van der Waals surface area contributed by atoms with Gasteiger partial charge in [-0.3, -0.25) is 0 Å². The monoisotopic (exact) mass is 457 g/mol. The van der Waals surface area contributed by atoms with Crippen LogP contribution in [0.5, 0.6) is 5.88 Å². The summed E-state index contributed by atoms with van der Waals surface area (Å²) in [5.74, 6) is 1.96. The molecule has 1 saturated heterocycles. The largest absolute Gasteiger partial charge is 0.464 e. The Bertz CT molecular complexity index is 1180. The summed E-state index contributed by atoms with van der Waals surface area (Å²) in [6, 6.07) is 8.07. The van der Waals surface area contributed by atoms with E-state index in [1.165, 1.54) is 0 Å². The van der Waals surface area contributed by atoms with E-state index in [0.717, 1.165) is 80.2 Å². The van der Waals surface area contributed by atoms with Crippen LogP contribution in [-0.4, -0.2) is 46.1 Å². The van der Waals surface area contributed by atoms with E-state index in [2.05, 4.69) is 50.4 Å². The maximum atomic E-state index is 6.61. The molecule has 1 saturated carbocycles. The van der Waals surface area contributed by atoms with Gasteiger partial charge in [0.15, 0.2) is 5.60 Å². The third kappa shape index (κ3) is 3.86. The molecule has 0 unspecified atom stereocenters. The molecule has 34 heavy (non-hydrogen) atoms. The van der Waals surface area contributed by atoms with Gasteiger partial charge in [0.25, 0.3) is 0 Å². The highest BCUT2D eigenvalue weighted by Crippen LogP contribution is 2.52. The number of pyridine rings is 2. The van der Waals surface area contributed by atoms with Gasteiger partial charge in [0.2, 0.25) is 11.8 Å². The lowest BCUT2D eigenvalue weighted by molar-refractivity contribution is -0.0161. The van der Waals surface area contributed by atoms with Gasteiger partial charge in [0, 0.05) is 49.7 Å². The Morgan fingerprint density at radius 1 is 0.941 bits per heavy atom. The number of piperazine rings is 1. The van der Waals surface area contributed by atoms with Crippen molar-refractivity contribution in [2.45, 2.75) is 45.1 Å². The summed E-state index contributed by atoms with van der Waals surface area (Å²) in [5, 5.41) is 6.69. The summed E-state index contributed by atoms with van der Waals surface area (Å²) in [7, 11) is 0. The molecule has 2 fully saturated rings. The highest BCUT2D eigenvalue weighted by Gasteiger charge is 2.47. The van der Waals surface area contributed by atoms with Crippen molar-refractivity contribution < 1.29 is 4.74 Å². The normalized spacial score (nSPS) is 20.2. The lowest BCUT2D eigenvalue weighted by Crippen LogP contribution is -2.43. The Morgan fingerprint density at radius 2 is 1.76 bits per heavy atom. The van der Waals surface area contributed by atoms with Crippen LogP contribution in [0, 0.1) is 5.41 Å². The topological polar surface area (TPSA) is 88.1 Å². The highest BCUT2D eigenvalue weighted by molar-refractivity contribution is 5.74. The number of nitrogens with zero attached hydrogens (tertiary/aromatic N) is 5. The van der Waals surface area contributed by atoms with Gasteiger partial charge < -0.3 is 20.3 Å². The number of rotatable bonds is 3. The predicted octanol–water partition coefficient (Wildman–Crippen LogP) is 4.27. The van der Waals surface area contributed by atoms with E-state index in [4.69, 9.17) is 9.72 Å². The number of hydrogen-bond acceptors (Lipinski definition) is 8. The summed E-state index contributed by atoms with van der Waals surface area (Å²) in [5.41, 5.74) is 3.91. The zero-order valence-corrected chi connectivity index (χ0v) is 19.8. The minimum atomic E-state index is -0.467. The number of nitrogens with one attached hydrogen (secondary N) is 2. The second-order valence-corrected chi connectivity index (χ2v) is 10.3. The molecular weight excluding hydrogens is 426 g/mol. The van der Waals surface area contributed by atoms with E-state index in [1.807, 2.05) is 30.6 Å². The molecule has 176 valence electrons. The van der Waals surface area contributed by atoms with Crippen LogP contribution >= 0.6 is 0 Å². The van der Waals surface area contributed by atoms with Crippen LogP contribution in [0.3, 0.4) is 0 Å². The predicted molar refractivity (Wildman–Crippen MR) is 132 cm³/mol. The first-order chi connectivity index (χ1) is 16.5. The Hall–Kier alpha value is -3.26. The lowest BCUT2D eigenvalue weighted by Gasteiger charge is -2.45. The van der Waals surface area contributed by atoms with Gasteiger partial charge in [-0.25, -0.2) is 19.9 Å². The van der Waals surface area contributed by atoms with Gasteiger partial charge in [0.05, 0.1) is 17.6 Å². The number of fused-ring (bicyclic) bond motifs is 4. The SMILES string of the molecule is CC1(C)CCC2(CC1)Oc1ncccc1-c1cnc(Nc3ccc(N4CCNCC4)cn3)nc12. The third-order valence-electron chi connectivity index (χ3n) is 7.45. The number of anilines is 3. The fourth-order valence-corrected chi connectivity index (χ4v) is 5.25. The first-order valence-electron chi connectivity index (χ1n) is 12.2. The van der Waals surface area contributed by atoms with Crippen molar-refractivity contribution in [1.82, 2.24) is 25.3 Å². The van der Waals surface area contributed by atoms with Crippen LogP contribution in [0.4, 0.5) is 17.5 Å². The molecule has 5 heterocycles. The first kappa shape index (κ1) is 21.3. The van der Waals surface area contributed by atoms with Crippen molar-refractivity contribution in [1.29, 1.82) is 0 Å². The fourth-order valence-electron chi connectivity index (χ4n) is 5.25. The van der Waals surface area contributed by atoms with Gasteiger partial charge in [-0.05, 0) is 55.4 Å². The minimum absolute atomic E-state index is 0.309. The van der Waals surface area contributed by atoms with E-state index >= 15 is 0 Å². The average Bonchev–Trinajstić information content (AvgIpc) is 2.87. The van der Waals surface area contributed by atoms with Crippen LogP contribution in [0.25, 0.3) is 11.1 Å². The van der Waals surface area contributed by atoms with Crippen LogP contribution in [0.1, 0.15) is 45.2 Å². The molecule has 0 amide bonds. The maximum Gasteiger partial charge on any atom is 0.228 e. The van der Waals surface area contributed by atoms with Gasteiger partial charge in [-0.2, -0.15) is 0 Å². The molecule has 3 aromatic heterocycles. The molecule has 0 atom stereocenters. The molecule has 1 spiro atoms. The second-order valence-electron chi connectivity index (χ2n) is 10.3. The third-order valence-corrected chi connectivity index (χ3v) is 7.45. The Balaban J connectivity index is 1.31. The highest BCUT2D eigenvalue weighted by atomic mass is 16.5. The first-order valence-corrected chi connectivity index (χ1v) is 12.2. The van der Waals surface area contributed by atoms with Crippen LogP contribution in [-0.2, 0) is 5.60 Å².